The van der Waals surface area contributed by atoms with Gasteiger partial charge < -0.3 is 16.4 Å². The molecule has 4 N–H and O–H groups in total. The van der Waals surface area contributed by atoms with Gasteiger partial charge in [-0.2, -0.15) is 0 Å². The molecule has 1 unspecified atom stereocenters. The van der Waals surface area contributed by atoms with Crippen molar-refractivity contribution in [2.24, 2.45) is 11.1 Å². The van der Waals surface area contributed by atoms with E-state index in [9.17, 15) is 9.18 Å². The van der Waals surface area contributed by atoms with Crippen LogP contribution in [0, 0.1) is 11.2 Å². The molecule has 0 spiro atoms. The van der Waals surface area contributed by atoms with Crippen LogP contribution < -0.4 is 16.4 Å². The zero-order valence-corrected chi connectivity index (χ0v) is 11.7. The predicted molar refractivity (Wildman–Crippen MR) is 75.5 cm³/mol. The van der Waals surface area contributed by atoms with Gasteiger partial charge in [0.05, 0.1) is 5.69 Å². The SMILES string of the molecule is CC(C)(C)C(CCN)NC(=O)Nc1ccccc1F. The van der Waals surface area contributed by atoms with Crippen LogP contribution in [0.2, 0.25) is 0 Å². The Morgan fingerprint density at radius 1 is 1.37 bits per heavy atom. The number of anilines is 1. The summed E-state index contributed by atoms with van der Waals surface area (Å²) in [5.41, 5.74) is 5.61. The summed E-state index contributed by atoms with van der Waals surface area (Å²) < 4.78 is 13.4. The van der Waals surface area contributed by atoms with Crippen LogP contribution in [0.3, 0.4) is 0 Å². The minimum absolute atomic E-state index is 0.0655. The van der Waals surface area contributed by atoms with Crippen molar-refractivity contribution < 1.29 is 9.18 Å². The van der Waals surface area contributed by atoms with E-state index in [0.29, 0.717) is 13.0 Å². The van der Waals surface area contributed by atoms with E-state index >= 15 is 0 Å². The van der Waals surface area contributed by atoms with Gasteiger partial charge in [-0.05, 0) is 30.5 Å². The molecule has 0 saturated carbocycles. The third-order valence-corrected chi connectivity index (χ3v) is 2.93. The molecule has 4 nitrogen and oxygen atoms in total. The Kier molecular flexibility index (Phi) is 5.30. The third kappa shape index (κ3) is 4.87. The highest BCUT2D eigenvalue weighted by molar-refractivity contribution is 5.89. The lowest BCUT2D eigenvalue weighted by atomic mass is 9.85. The topological polar surface area (TPSA) is 67.1 Å². The number of hydrogen-bond donors (Lipinski definition) is 3. The summed E-state index contributed by atoms with van der Waals surface area (Å²) in [6.45, 7) is 6.56. The molecule has 0 aliphatic carbocycles. The van der Waals surface area contributed by atoms with Gasteiger partial charge in [0.15, 0.2) is 0 Å². The Hall–Kier alpha value is -1.62. The van der Waals surface area contributed by atoms with Gasteiger partial charge in [-0.3, -0.25) is 0 Å². The normalized spacial score (nSPS) is 12.9. The van der Waals surface area contributed by atoms with Crippen molar-refractivity contribution in [3.8, 4) is 0 Å². The number of nitrogens with two attached hydrogens (primary N) is 1. The number of urea groups is 1. The largest absolute Gasteiger partial charge is 0.335 e. The monoisotopic (exact) mass is 267 g/mol. The summed E-state index contributed by atoms with van der Waals surface area (Å²) in [6, 6.07) is 5.58. The number of benzene rings is 1. The molecular formula is C14H22FN3O. The van der Waals surface area contributed by atoms with Crippen molar-refractivity contribution in [1.82, 2.24) is 5.32 Å². The smallest absolute Gasteiger partial charge is 0.319 e. The summed E-state index contributed by atoms with van der Waals surface area (Å²) in [7, 11) is 0. The van der Waals surface area contributed by atoms with Crippen LogP contribution in [0.1, 0.15) is 27.2 Å². The van der Waals surface area contributed by atoms with Crippen molar-refractivity contribution in [2.45, 2.75) is 33.2 Å². The van der Waals surface area contributed by atoms with Crippen LogP contribution in [0.25, 0.3) is 0 Å². The highest BCUT2D eigenvalue weighted by Gasteiger charge is 2.25. The maximum atomic E-state index is 13.4. The Bertz CT molecular complexity index is 429. The quantitative estimate of drug-likeness (QED) is 0.785. The summed E-state index contributed by atoms with van der Waals surface area (Å²) in [5.74, 6) is -0.455. The lowest BCUT2D eigenvalue weighted by molar-refractivity contribution is 0.224. The van der Waals surface area contributed by atoms with E-state index in [1.54, 1.807) is 12.1 Å². The second-order valence-electron chi connectivity index (χ2n) is 5.57. The summed E-state index contributed by atoms with van der Waals surface area (Å²) >= 11 is 0. The van der Waals surface area contributed by atoms with E-state index in [2.05, 4.69) is 10.6 Å². The lowest BCUT2D eigenvalue weighted by Gasteiger charge is -2.31. The fourth-order valence-corrected chi connectivity index (χ4v) is 1.77. The van der Waals surface area contributed by atoms with Crippen molar-refractivity contribution >= 4 is 11.7 Å². The average Bonchev–Trinajstić information content (AvgIpc) is 2.30. The van der Waals surface area contributed by atoms with E-state index < -0.39 is 11.8 Å². The Labute approximate surface area is 113 Å². The molecule has 1 atom stereocenters. The van der Waals surface area contributed by atoms with E-state index in [4.69, 9.17) is 5.73 Å². The molecule has 0 bridgehead atoms. The standard InChI is InChI=1S/C14H22FN3O/c1-14(2,3)12(8-9-16)18-13(19)17-11-7-5-4-6-10(11)15/h4-7,12H,8-9,16H2,1-3H3,(H2,17,18,19). The number of hydrogen-bond acceptors (Lipinski definition) is 2. The van der Waals surface area contributed by atoms with Crippen LogP contribution in [-0.4, -0.2) is 18.6 Å². The van der Waals surface area contributed by atoms with Gasteiger partial charge in [0, 0.05) is 6.04 Å². The van der Waals surface area contributed by atoms with Gasteiger partial charge >= 0.3 is 6.03 Å². The first-order chi connectivity index (χ1) is 8.84. The van der Waals surface area contributed by atoms with Gasteiger partial charge in [0.1, 0.15) is 5.82 Å². The van der Waals surface area contributed by atoms with Gasteiger partial charge in [0.25, 0.3) is 0 Å². The molecule has 0 saturated heterocycles. The molecule has 1 rings (SSSR count). The summed E-state index contributed by atoms with van der Waals surface area (Å²) in [4.78, 5) is 11.9. The highest BCUT2D eigenvalue weighted by Crippen LogP contribution is 2.21. The number of carbonyl (C=O) groups excluding carboxylic acids is 1. The molecule has 0 heterocycles. The minimum atomic E-state index is -0.455. The molecule has 0 aliphatic heterocycles. The molecule has 0 fully saturated rings. The Morgan fingerprint density at radius 2 is 2.00 bits per heavy atom. The maximum absolute atomic E-state index is 13.4. The molecule has 5 heteroatoms. The van der Waals surface area contributed by atoms with Crippen LogP contribution in [-0.2, 0) is 0 Å². The number of amides is 2. The first-order valence-corrected chi connectivity index (χ1v) is 6.36. The number of halogens is 1. The van der Waals surface area contributed by atoms with Gasteiger partial charge in [-0.15, -0.1) is 0 Å². The van der Waals surface area contributed by atoms with E-state index in [1.807, 2.05) is 20.8 Å². The maximum Gasteiger partial charge on any atom is 0.319 e. The van der Waals surface area contributed by atoms with E-state index in [0.717, 1.165) is 0 Å². The zero-order valence-electron chi connectivity index (χ0n) is 11.7. The molecule has 106 valence electrons. The average molecular weight is 267 g/mol. The Morgan fingerprint density at radius 3 is 2.53 bits per heavy atom. The molecule has 19 heavy (non-hydrogen) atoms. The fourth-order valence-electron chi connectivity index (χ4n) is 1.77. The molecule has 2 amide bonds. The predicted octanol–water partition coefficient (Wildman–Crippen LogP) is 2.71. The van der Waals surface area contributed by atoms with Crippen LogP contribution in [0.4, 0.5) is 14.9 Å². The lowest BCUT2D eigenvalue weighted by Crippen LogP contribution is -2.46. The van der Waals surface area contributed by atoms with E-state index in [1.165, 1.54) is 12.1 Å². The molecule has 1 aromatic carbocycles. The Balaban J connectivity index is 2.66. The second kappa shape index (κ2) is 6.52. The number of rotatable bonds is 4. The zero-order chi connectivity index (χ0) is 14.5. The molecular weight excluding hydrogens is 245 g/mol. The van der Waals surface area contributed by atoms with E-state index in [-0.39, 0.29) is 17.1 Å². The van der Waals surface area contributed by atoms with Gasteiger partial charge in [-0.25, -0.2) is 9.18 Å². The third-order valence-electron chi connectivity index (χ3n) is 2.93. The number of carbonyl (C=O) groups is 1. The molecule has 1 aromatic rings. The number of para-hydroxylation sites is 1. The fraction of sp³-hybridized carbons (Fsp3) is 0.500. The van der Waals surface area contributed by atoms with Crippen molar-refractivity contribution in [2.75, 3.05) is 11.9 Å². The van der Waals surface area contributed by atoms with Gasteiger partial charge in [-0.1, -0.05) is 32.9 Å². The summed E-state index contributed by atoms with van der Waals surface area (Å²) in [6.07, 6.45) is 0.675. The van der Waals surface area contributed by atoms with Crippen LogP contribution in [0.5, 0.6) is 0 Å². The first kappa shape index (κ1) is 15.4. The minimum Gasteiger partial charge on any atom is -0.335 e. The second-order valence-corrected chi connectivity index (χ2v) is 5.57. The number of nitrogens with one attached hydrogen (secondary N) is 2. The van der Waals surface area contributed by atoms with Crippen molar-refractivity contribution in [1.29, 1.82) is 0 Å². The van der Waals surface area contributed by atoms with Crippen LogP contribution >= 0.6 is 0 Å². The molecule has 0 radical (unpaired) electrons. The molecule has 0 aromatic heterocycles. The highest BCUT2D eigenvalue weighted by atomic mass is 19.1. The van der Waals surface area contributed by atoms with Crippen molar-refractivity contribution in [3.05, 3.63) is 30.1 Å². The summed E-state index contributed by atoms with van der Waals surface area (Å²) in [5, 5.41) is 5.34. The molecule has 0 aliphatic rings. The van der Waals surface area contributed by atoms with Gasteiger partial charge in [0.2, 0.25) is 0 Å². The van der Waals surface area contributed by atoms with Crippen LogP contribution in [0.15, 0.2) is 24.3 Å². The first-order valence-electron chi connectivity index (χ1n) is 6.36. The van der Waals surface area contributed by atoms with Crippen molar-refractivity contribution in [3.63, 3.8) is 0 Å².